The molecule has 2 fully saturated rings. The molecular weight excluding hydrogens is 288 g/mol. The van der Waals surface area contributed by atoms with Crippen LogP contribution < -0.4 is 10.1 Å². The fraction of sp³-hybridized carbons (Fsp3) is 0.474. The van der Waals surface area contributed by atoms with Crippen LogP contribution in [0.5, 0.6) is 5.75 Å². The number of aromatic nitrogens is 1. The van der Waals surface area contributed by atoms with Crippen molar-refractivity contribution in [2.75, 3.05) is 13.2 Å². The first-order chi connectivity index (χ1) is 11.3. The minimum absolute atomic E-state index is 0.244. The number of para-hydroxylation sites is 1. The Balaban J connectivity index is 1.20. The van der Waals surface area contributed by atoms with Crippen molar-refractivity contribution in [3.63, 3.8) is 0 Å². The molecule has 2 aliphatic carbocycles. The number of nitrogens with one attached hydrogen (secondary N) is 1. The Labute approximate surface area is 136 Å². The van der Waals surface area contributed by atoms with Gasteiger partial charge in [0.1, 0.15) is 11.3 Å². The summed E-state index contributed by atoms with van der Waals surface area (Å²) in [6, 6.07) is 9.90. The fourth-order valence-corrected chi connectivity index (χ4v) is 3.35. The van der Waals surface area contributed by atoms with Gasteiger partial charge >= 0.3 is 0 Å². The van der Waals surface area contributed by atoms with Crippen LogP contribution in [0.1, 0.15) is 25.7 Å². The van der Waals surface area contributed by atoms with Gasteiger partial charge in [0.15, 0.2) is 0 Å². The molecule has 0 spiro atoms. The first-order valence-corrected chi connectivity index (χ1v) is 8.57. The van der Waals surface area contributed by atoms with E-state index < -0.39 is 0 Å². The Morgan fingerprint density at radius 2 is 2.13 bits per heavy atom. The van der Waals surface area contributed by atoms with E-state index in [2.05, 4.69) is 10.3 Å². The maximum atomic E-state index is 12.0. The monoisotopic (exact) mass is 310 g/mol. The summed E-state index contributed by atoms with van der Waals surface area (Å²) < 4.78 is 5.83. The molecule has 1 heterocycles. The van der Waals surface area contributed by atoms with E-state index in [1.165, 1.54) is 12.8 Å². The van der Waals surface area contributed by atoms with Crippen molar-refractivity contribution in [2.24, 2.45) is 17.8 Å². The van der Waals surface area contributed by atoms with Gasteiger partial charge in [0.05, 0.1) is 6.61 Å². The van der Waals surface area contributed by atoms with Crippen LogP contribution in [0.3, 0.4) is 0 Å². The molecule has 0 saturated heterocycles. The molecular formula is C19H22N2O2. The first kappa shape index (κ1) is 14.5. The van der Waals surface area contributed by atoms with Gasteiger partial charge in [-0.15, -0.1) is 0 Å². The molecule has 23 heavy (non-hydrogen) atoms. The largest absolute Gasteiger partial charge is 0.491 e. The molecule has 0 radical (unpaired) electrons. The van der Waals surface area contributed by atoms with Gasteiger partial charge in [0, 0.05) is 24.0 Å². The maximum Gasteiger partial charge on any atom is 0.223 e. The third-order valence-electron chi connectivity index (χ3n) is 4.88. The van der Waals surface area contributed by atoms with Crippen LogP contribution in [0.25, 0.3) is 10.9 Å². The van der Waals surface area contributed by atoms with Crippen molar-refractivity contribution in [2.45, 2.75) is 25.7 Å². The van der Waals surface area contributed by atoms with E-state index in [-0.39, 0.29) is 5.91 Å². The maximum absolute atomic E-state index is 12.0. The van der Waals surface area contributed by atoms with Crippen LogP contribution in [0.4, 0.5) is 0 Å². The summed E-state index contributed by atoms with van der Waals surface area (Å²) >= 11 is 0. The molecule has 2 aromatic rings. The lowest BCUT2D eigenvalue weighted by molar-refractivity contribution is -0.122. The van der Waals surface area contributed by atoms with Crippen LogP contribution in [-0.4, -0.2) is 24.0 Å². The van der Waals surface area contributed by atoms with Crippen LogP contribution in [-0.2, 0) is 4.79 Å². The van der Waals surface area contributed by atoms with E-state index in [1.54, 1.807) is 6.20 Å². The normalized spacial score (nSPS) is 22.8. The molecule has 1 amide bonds. The lowest BCUT2D eigenvalue weighted by atomic mass is 10.2. The number of fused-ring (bicyclic) bond motifs is 1. The molecule has 4 heteroatoms. The van der Waals surface area contributed by atoms with Gasteiger partial charge in [-0.25, -0.2) is 0 Å². The summed E-state index contributed by atoms with van der Waals surface area (Å²) in [6.07, 6.45) is 6.37. The molecule has 2 saturated carbocycles. The molecule has 120 valence electrons. The number of rotatable bonds is 7. The molecule has 1 aromatic heterocycles. The highest BCUT2D eigenvalue weighted by Crippen LogP contribution is 2.54. The number of nitrogens with zero attached hydrogens (tertiary/aromatic N) is 1. The number of benzene rings is 1. The van der Waals surface area contributed by atoms with Crippen molar-refractivity contribution >= 4 is 16.8 Å². The Hall–Kier alpha value is -2.10. The second-order valence-corrected chi connectivity index (χ2v) is 6.67. The number of hydrogen-bond donors (Lipinski definition) is 1. The van der Waals surface area contributed by atoms with Crippen molar-refractivity contribution in [1.29, 1.82) is 0 Å². The number of carbonyl (C=O) groups excluding carboxylic acids is 1. The number of pyridine rings is 1. The quantitative estimate of drug-likeness (QED) is 0.799. The Morgan fingerprint density at radius 1 is 1.26 bits per heavy atom. The average molecular weight is 310 g/mol. The van der Waals surface area contributed by atoms with Crippen LogP contribution in [0.2, 0.25) is 0 Å². The van der Waals surface area contributed by atoms with Gasteiger partial charge in [-0.05, 0) is 49.7 Å². The molecule has 0 aliphatic heterocycles. The second kappa shape index (κ2) is 6.19. The van der Waals surface area contributed by atoms with Gasteiger partial charge in [-0.3, -0.25) is 9.78 Å². The zero-order chi connectivity index (χ0) is 15.6. The standard InChI is InChI=1S/C19H22N2O2/c22-19(16-12-15(16)13-7-8-13)21-10-3-11-23-17-6-1-4-14-5-2-9-20-18(14)17/h1-2,4-6,9,13,15-16H,3,7-8,10-12H2,(H,21,22)/t15-,16-/m1/s1. The van der Waals surface area contributed by atoms with Crippen LogP contribution in [0, 0.1) is 17.8 Å². The SMILES string of the molecule is O=C(NCCCOc1cccc2cccnc12)[C@@H]1C[C@@H]1C1CC1. The van der Waals surface area contributed by atoms with Gasteiger partial charge in [-0.2, -0.15) is 0 Å². The summed E-state index contributed by atoms with van der Waals surface area (Å²) in [5.74, 6) is 2.89. The van der Waals surface area contributed by atoms with Gasteiger partial charge in [-0.1, -0.05) is 18.2 Å². The van der Waals surface area contributed by atoms with Gasteiger partial charge < -0.3 is 10.1 Å². The van der Waals surface area contributed by atoms with Crippen molar-refractivity contribution in [3.8, 4) is 5.75 Å². The zero-order valence-electron chi connectivity index (χ0n) is 13.2. The summed E-state index contributed by atoms with van der Waals surface area (Å²) in [4.78, 5) is 16.4. The van der Waals surface area contributed by atoms with Crippen molar-refractivity contribution < 1.29 is 9.53 Å². The van der Waals surface area contributed by atoms with E-state index in [0.29, 0.717) is 25.0 Å². The highest BCUT2D eigenvalue weighted by atomic mass is 16.5. The zero-order valence-corrected chi connectivity index (χ0v) is 13.2. The molecule has 2 aliphatic rings. The van der Waals surface area contributed by atoms with E-state index in [9.17, 15) is 4.79 Å². The first-order valence-electron chi connectivity index (χ1n) is 8.57. The van der Waals surface area contributed by atoms with Crippen LogP contribution in [0.15, 0.2) is 36.5 Å². The third-order valence-corrected chi connectivity index (χ3v) is 4.88. The molecule has 4 nitrogen and oxygen atoms in total. The van der Waals surface area contributed by atoms with Crippen molar-refractivity contribution in [1.82, 2.24) is 10.3 Å². The van der Waals surface area contributed by atoms with E-state index >= 15 is 0 Å². The third kappa shape index (κ3) is 3.31. The summed E-state index contributed by atoms with van der Waals surface area (Å²) in [6.45, 7) is 1.28. The smallest absolute Gasteiger partial charge is 0.223 e. The highest BCUT2D eigenvalue weighted by Gasteiger charge is 2.50. The Morgan fingerprint density at radius 3 is 3.00 bits per heavy atom. The van der Waals surface area contributed by atoms with E-state index in [0.717, 1.165) is 35.4 Å². The topological polar surface area (TPSA) is 51.2 Å². The number of hydrogen-bond acceptors (Lipinski definition) is 3. The Kier molecular flexibility index (Phi) is 3.90. The molecule has 4 rings (SSSR count). The van der Waals surface area contributed by atoms with Crippen molar-refractivity contribution in [3.05, 3.63) is 36.5 Å². The molecule has 0 unspecified atom stereocenters. The van der Waals surface area contributed by atoms with Gasteiger partial charge in [0.25, 0.3) is 0 Å². The van der Waals surface area contributed by atoms with E-state index in [4.69, 9.17) is 4.74 Å². The lowest BCUT2D eigenvalue weighted by Gasteiger charge is -2.09. The summed E-state index contributed by atoms with van der Waals surface area (Å²) in [7, 11) is 0. The molecule has 1 N–H and O–H groups in total. The number of ether oxygens (including phenoxy) is 1. The number of carbonyl (C=O) groups is 1. The van der Waals surface area contributed by atoms with Gasteiger partial charge in [0.2, 0.25) is 5.91 Å². The minimum Gasteiger partial charge on any atom is -0.491 e. The second-order valence-electron chi connectivity index (χ2n) is 6.67. The summed E-state index contributed by atoms with van der Waals surface area (Å²) in [5.41, 5.74) is 0.893. The highest BCUT2D eigenvalue weighted by molar-refractivity contribution is 5.84. The molecule has 2 atom stereocenters. The Bertz CT molecular complexity index is 706. The predicted octanol–water partition coefficient (Wildman–Crippen LogP) is 3.17. The molecule has 0 bridgehead atoms. The summed E-state index contributed by atoms with van der Waals surface area (Å²) in [5, 5.41) is 4.13. The lowest BCUT2D eigenvalue weighted by Crippen LogP contribution is -2.27. The van der Waals surface area contributed by atoms with E-state index in [1.807, 2.05) is 30.3 Å². The fourth-order valence-electron chi connectivity index (χ4n) is 3.35. The predicted molar refractivity (Wildman–Crippen MR) is 89.2 cm³/mol. The van der Waals surface area contributed by atoms with Crippen LogP contribution >= 0.6 is 0 Å². The minimum atomic E-state index is 0.244. The number of amides is 1. The molecule has 1 aromatic carbocycles. The average Bonchev–Trinajstić information content (AvgIpc) is 3.46.